The van der Waals surface area contributed by atoms with E-state index in [2.05, 4.69) is 43.6 Å². The number of nitrogens with one attached hydrogen (secondary N) is 2. The van der Waals surface area contributed by atoms with Crippen molar-refractivity contribution in [2.24, 2.45) is 7.05 Å². The van der Waals surface area contributed by atoms with Crippen LogP contribution in [0.25, 0.3) is 27.5 Å². The molecular formula is C24H27N7O2. The summed E-state index contributed by atoms with van der Waals surface area (Å²) in [7, 11) is 1.93. The van der Waals surface area contributed by atoms with Gasteiger partial charge in [0, 0.05) is 36.9 Å². The maximum absolute atomic E-state index is 12.3. The number of fused-ring (bicyclic) bond motifs is 2. The number of H-pyrrole nitrogens is 1. The minimum atomic E-state index is -0.498. The van der Waals surface area contributed by atoms with Gasteiger partial charge in [-0.25, -0.2) is 14.8 Å². The predicted molar refractivity (Wildman–Crippen MR) is 128 cm³/mol. The Balaban J connectivity index is 1.37. The maximum atomic E-state index is 12.3. The lowest BCUT2D eigenvalue weighted by Crippen LogP contribution is -2.39. The lowest BCUT2D eigenvalue weighted by molar-refractivity contribution is 0.0270. The summed E-state index contributed by atoms with van der Waals surface area (Å²) in [4.78, 5) is 26.3. The monoisotopic (exact) mass is 445 g/mol. The molecule has 4 heterocycles. The van der Waals surface area contributed by atoms with Gasteiger partial charge in [-0.2, -0.15) is 5.10 Å². The molecule has 170 valence electrons. The maximum Gasteiger partial charge on any atom is 0.410 e. The minimum Gasteiger partial charge on any atom is -0.444 e. The normalized spacial score (nSPS) is 14.5. The zero-order chi connectivity index (χ0) is 23.2. The Hall–Kier alpha value is -3.88. The number of benzene rings is 1. The van der Waals surface area contributed by atoms with Crippen molar-refractivity contribution >= 4 is 45.1 Å². The topological polar surface area (TPSA) is 101 Å². The van der Waals surface area contributed by atoms with Crippen molar-refractivity contribution in [2.45, 2.75) is 32.8 Å². The van der Waals surface area contributed by atoms with E-state index in [1.54, 1.807) is 11.2 Å². The van der Waals surface area contributed by atoms with Crippen LogP contribution >= 0.6 is 0 Å². The van der Waals surface area contributed by atoms with Crippen molar-refractivity contribution in [3.63, 3.8) is 0 Å². The standard InChI is InChI=1S/C24H27N7O2/c1-24(2,3)33-23(32)31-9-7-15(8-10-31)19-12-18-21(25-14-26-22(18)29-19)28-17-5-6-20-16(11-17)13-27-30(20)4/h5-7,11-14H,8-10H2,1-4H3,(H2,25,26,28,29). The fourth-order valence-corrected chi connectivity index (χ4v) is 4.00. The Kier molecular flexibility index (Phi) is 5.03. The second-order valence-electron chi connectivity index (χ2n) is 9.24. The van der Waals surface area contributed by atoms with E-state index in [0.29, 0.717) is 13.1 Å². The SMILES string of the molecule is Cn1ncc2cc(Nc3ncnc4[nH]c(C5=CCN(C(=O)OC(C)(C)C)CC5)cc34)ccc21. The average molecular weight is 446 g/mol. The van der Waals surface area contributed by atoms with Gasteiger partial charge in [0.1, 0.15) is 23.4 Å². The van der Waals surface area contributed by atoms with Crippen LogP contribution in [0, 0.1) is 0 Å². The van der Waals surface area contributed by atoms with Crippen molar-refractivity contribution in [3.05, 3.63) is 48.6 Å². The molecule has 3 aromatic heterocycles. The van der Waals surface area contributed by atoms with Gasteiger partial charge in [0.2, 0.25) is 0 Å². The van der Waals surface area contributed by atoms with Crippen molar-refractivity contribution < 1.29 is 9.53 Å². The van der Waals surface area contributed by atoms with E-state index in [9.17, 15) is 4.79 Å². The van der Waals surface area contributed by atoms with Gasteiger partial charge in [0.25, 0.3) is 0 Å². The molecule has 0 fully saturated rings. The van der Waals surface area contributed by atoms with Crippen LogP contribution in [0.5, 0.6) is 0 Å². The molecule has 0 unspecified atom stereocenters. The van der Waals surface area contributed by atoms with Crippen LogP contribution in [0.3, 0.4) is 0 Å². The molecule has 5 rings (SSSR count). The highest BCUT2D eigenvalue weighted by Crippen LogP contribution is 2.30. The number of hydrogen-bond acceptors (Lipinski definition) is 6. The zero-order valence-corrected chi connectivity index (χ0v) is 19.2. The molecule has 0 bridgehead atoms. The largest absolute Gasteiger partial charge is 0.444 e. The van der Waals surface area contributed by atoms with Crippen LogP contribution in [-0.4, -0.2) is 54.4 Å². The Morgan fingerprint density at radius 2 is 2.06 bits per heavy atom. The summed E-state index contributed by atoms with van der Waals surface area (Å²) < 4.78 is 7.33. The first-order chi connectivity index (χ1) is 15.8. The third-order valence-corrected chi connectivity index (χ3v) is 5.64. The number of nitrogens with zero attached hydrogens (tertiary/aromatic N) is 5. The molecule has 0 spiro atoms. The van der Waals surface area contributed by atoms with Gasteiger partial charge in [0.05, 0.1) is 17.1 Å². The van der Waals surface area contributed by atoms with E-state index in [0.717, 1.165) is 51.1 Å². The Morgan fingerprint density at radius 3 is 2.82 bits per heavy atom. The van der Waals surface area contributed by atoms with Gasteiger partial charge < -0.3 is 19.9 Å². The van der Waals surface area contributed by atoms with Crippen molar-refractivity contribution in [1.82, 2.24) is 29.6 Å². The molecule has 2 N–H and O–H groups in total. The highest BCUT2D eigenvalue weighted by atomic mass is 16.6. The number of carbonyl (C=O) groups excluding carboxylic acids is 1. The van der Waals surface area contributed by atoms with Crippen molar-refractivity contribution in [2.75, 3.05) is 18.4 Å². The highest BCUT2D eigenvalue weighted by Gasteiger charge is 2.24. The summed E-state index contributed by atoms with van der Waals surface area (Å²) in [5, 5.41) is 9.68. The van der Waals surface area contributed by atoms with Gasteiger partial charge in [-0.1, -0.05) is 6.08 Å². The number of aromatic nitrogens is 5. The molecule has 9 nitrogen and oxygen atoms in total. The fraction of sp³-hybridized carbons (Fsp3) is 0.333. The van der Waals surface area contributed by atoms with Gasteiger partial charge in [-0.3, -0.25) is 4.68 Å². The molecule has 1 aliphatic heterocycles. The van der Waals surface area contributed by atoms with E-state index < -0.39 is 5.60 Å². The number of aromatic amines is 1. The van der Waals surface area contributed by atoms with Gasteiger partial charge in [-0.15, -0.1) is 0 Å². The Bertz CT molecular complexity index is 1380. The summed E-state index contributed by atoms with van der Waals surface area (Å²) in [6.07, 6.45) is 5.92. The third-order valence-electron chi connectivity index (χ3n) is 5.64. The van der Waals surface area contributed by atoms with Crippen LogP contribution < -0.4 is 5.32 Å². The number of anilines is 2. The number of rotatable bonds is 3. The summed E-state index contributed by atoms with van der Waals surface area (Å²) in [5.41, 5.74) is 4.41. The molecule has 1 aromatic carbocycles. The first-order valence-electron chi connectivity index (χ1n) is 11.0. The predicted octanol–water partition coefficient (Wildman–Crippen LogP) is 4.61. The summed E-state index contributed by atoms with van der Waals surface area (Å²) in [6.45, 7) is 6.76. The van der Waals surface area contributed by atoms with E-state index in [1.165, 1.54) is 0 Å². The van der Waals surface area contributed by atoms with Crippen LogP contribution in [0.1, 0.15) is 32.9 Å². The fourth-order valence-electron chi connectivity index (χ4n) is 4.00. The van der Waals surface area contributed by atoms with Gasteiger partial charge in [0.15, 0.2) is 0 Å². The van der Waals surface area contributed by atoms with Crippen molar-refractivity contribution in [1.29, 1.82) is 0 Å². The lowest BCUT2D eigenvalue weighted by Gasteiger charge is -2.29. The number of amides is 1. The molecule has 33 heavy (non-hydrogen) atoms. The molecule has 0 radical (unpaired) electrons. The van der Waals surface area contributed by atoms with E-state index in [-0.39, 0.29) is 6.09 Å². The number of hydrogen-bond donors (Lipinski definition) is 2. The molecule has 0 saturated carbocycles. The van der Waals surface area contributed by atoms with Gasteiger partial charge >= 0.3 is 6.09 Å². The summed E-state index contributed by atoms with van der Waals surface area (Å²) in [5.74, 6) is 0.734. The second-order valence-corrected chi connectivity index (χ2v) is 9.24. The average Bonchev–Trinajstić information content (AvgIpc) is 3.37. The molecule has 0 saturated heterocycles. The van der Waals surface area contributed by atoms with Crippen LogP contribution in [0.15, 0.2) is 42.9 Å². The smallest absolute Gasteiger partial charge is 0.410 e. The van der Waals surface area contributed by atoms with E-state index in [1.807, 2.05) is 50.8 Å². The highest BCUT2D eigenvalue weighted by molar-refractivity contribution is 5.93. The molecular weight excluding hydrogens is 418 g/mol. The molecule has 0 aliphatic carbocycles. The lowest BCUT2D eigenvalue weighted by atomic mass is 10.1. The first-order valence-corrected chi connectivity index (χ1v) is 11.0. The second kappa shape index (κ2) is 7.91. The zero-order valence-electron chi connectivity index (χ0n) is 19.2. The Labute approximate surface area is 191 Å². The molecule has 1 amide bonds. The summed E-state index contributed by atoms with van der Waals surface area (Å²) >= 11 is 0. The van der Waals surface area contributed by atoms with Crippen molar-refractivity contribution in [3.8, 4) is 0 Å². The number of carbonyl (C=O) groups is 1. The van der Waals surface area contributed by atoms with E-state index >= 15 is 0 Å². The van der Waals surface area contributed by atoms with Crippen LogP contribution in [0.2, 0.25) is 0 Å². The first kappa shape index (κ1) is 21.0. The molecule has 1 aliphatic rings. The van der Waals surface area contributed by atoms with E-state index in [4.69, 9.17) is 4.74 Å². The number of ether oxygens (including phenoxy) is 1. The Morgan fingerprint density at radius 1 is 1.21 bits per heavy atom. The number of aryl methyl sites for hydroxylation is 1. The van der Waals surface area contributed by atoms with Crippen LogP contribution in [-0.2, 0) is 11.8 Å². The quantitative estimate of drug-likeness (QED) is 0.477. The molecule has 9 heteroatoms. The van der Waals surface area contributed by atoms with Crippen LogP contribution in [0.4, 0.5) is 16.3 Å². The minimum absolute atomic E-state index is 0.280. The van der Waals surface area contributed by atoms with Gasteiger partial charge in [-0.05, 0) is 57.0 Å². The summed E-state index contributed by atoms with van der Waals surface area (Å²) in [6, 6.07) is 8.17. The third kappa shape index (κ3) is 4.26. The molecule has 4 aromatic rings. The molecule has 0 atom stereocenters.